The number of carbonyl (C=O) groups is 1. The number of ketones is 1. The van der Waals surface area contributed by atoms with Crippen LogP contribution in [0.5, 0.6) is 5.75 Å². The summed E-state index contributed by atoms with van der Waals surface area (Å²) in [7, 11) is 1.67. The molecule has 0 heterocycles. The Morgan fingerprint density at radius 1 is 1.00 bits per heavy atom. The molecule has 0 N–H and O–H groups in total. The monoisotopic (exact) mass is 292 g/mol. The molecule has 1 unspecified atom stereocenters. The molecule has 112 valence electrons. The second-order valence-electron chi connectivity index (χ2n) is 5.83. The van der Waals surface area contributed by atoms with Gasteiger partial charge in [-0.3, -0.25) is 4.79 Å². The van der Waals surface area contributed by atoms with E-state index in [4.69, 9.17) is 4.74 Å². The summed E-state index contributed by atoms with van der Waals surface area (Å²) in [6.45, 7) is 0. The van der Waals surface area contributed by atoms with Crippen molar-refractivity contribution in [2.75, 3.05) is 7.11 Å². The van der Waals surface area contributed by atoms with E-state index < -0.39 is 0 Å². The zero-order valence-electron chi connectivity index (χ0n) is 12.8. The number of hydrogen-bond donors (Lipinski definition) is 0. The first kappa shape index (κ1) is 14.6. The highest BCUT2D eigenvalue weighted by atomic mass is 16.5. The van der Waals surface area contributed by atoms with Gasteiger partial charge in [0.2, 0.25) is 0 Å². The van der Waals surface area contributed by atoms with E-state index in [9.17, 15) is 4.79 Å². The molecule has 0 saturated carbocycles. The Labute approximate surface area is 131 Å². The first-order valence-electron chi connectivity index (χ1n) is 7.66. The Hall–Kier alpha value is -2.35. The third-order valence-electron chi connectivity index (χ3n) is 4.16. The van der Waals surface area contributed by atoms with Crippen molar-refractivity contribution in [1.82, 2.24) is 0 Å². The van der Waals surface area contributed by atoms with Crippen molar-refractivity contribution in [3.63, 3.8) is 0 Å². The minimum Gasteiger partial charge on any atom is -0.497 e. The lowest BCUT2D eigenvalue weighted by atomic mass is 9.82. The van der Waals surface area contributed by atoms with Crippen LogP contribution in [0.1, 0.15) is 24.0 Å². The van der Waals surface area contributed by atoms with E-state index in [0.717, 1.165) is 29.7 Å². The Kier molecular flexibility index (Phi) is 4.38. The molecule has 0 aliphatic heterocycles. The molecule has 0 amide bonds. The van der Waals surface area contributed by atoms with E-state index in [1.807, 2.05) is 36.4 Å². The van der Waals surface area contributed by atoms with Crippen molar-refractivity contribution >= 4 is 11.4 Å². The van der Waals surface area contributed by atoms with Crippen LogP contribution in [-0.2, 0) is 11.2 Å². The zero-order chi connectivity index (χ0) is 15.4. The van der Waals surface area contributed by atoms with Gasteiger partial charge in [-0.25, -0.2) is 0 Å². The molecule has 0 saturated heterocycles. The maximum atomic E-state index is 12.1. The summed E-state index contributed by atoms with van der Waals surface area (Å²) in [5, 5.41) is 0. The Balaban J connectivity index is 1.73. The number of benzene rings is 2. The van der Waals surface area contributed by atoms with Crippen LogP contribution < -0.4 is 4.74 Å². The van der Waals surface area contributed by atoms with Crippen molar-refractivity contribution in [2.45, 2.75) is 19.3 Å². The van der Waals surface area contributed by atoms with E-state index in [-0.39, 0.29) is 5.78 Å². The van der Waals surface area contributed by atoms with Crippen LogP contribution in [0.15, 0.2) is 60.7 Å². The second-order valence-corrected chi connectivity index (χ2v) is 5.83. The first-order valence-corrected chi connectivity index (χ1v) is 7.66. The summed E-state index contributed by atoms with van der Waals surface area (Å²) in [6.07, 6.45) is 4.35. The highest BCUT2D eigenvalue weighted by molar-refractivity contribution is 5.98. The summed E-state index contributed by atoms with van der Waals surface area (Å²) >= 11 is 0. The molecule has 0 radical (unpaired) electrons. The third-order valence-corrected chi connectivity index (χ3v) is 4.16. The fraction of sp³-hybridized carbons (Fsp3) is 0.250. The number of hydrogen-bond acceptors (Lipinski definition) is 2. The molecule has 22 heavy (non-hydrogen) atoms. The maximum absolute atomic E-state index is 12.1. The summed E-state index contributed by atoms with van der Waals surface area (Å²) in [5.74, 6) is 1.48. The number of ether oxygens (including phenoxy) is 1. The first-order chi connectivity index (χ1) is 10.7. The summed E-state index contributed by atoms with van der Waals surface area (Å²) in [4.78, 5) is 12.1. The largest absolute Gasteiger partial charge is 0.497 e. The number of rotatable bonds is 4. The smallest absolute Gasteiger partial charge is 0.156 e. The van der Waals surface area contributed by atoms with Crippen molar-refractivity contribution < 1.29 is 9.53 Å². The fourth-order valence-electron chi connectivity index (χ4n) is 3.07. The quantitative estimate of drug-likeness (QED) is 0.839. The maximum Gasteiger partial charge on any atom is 0.156 e. The highest BCUT2D eigenvalue weighted by Gasteiger charge is 2.21. The van der Waals surface area contributed by atoms with Gasteiger partial charge in [0.1, 0.15) is 5.75 Å². The van der Waals surface area contributed by atoms with Gasteiger partial charge in [-0.2, -0.15) is 0 Å². The average Bonchev–Trinajstić information content (AvgIpc) is 2.56. The number of carbonyl (C=O) groups excluding carboxylic acids is 1. The predicted molar refractivity (Wildman–Crippen MR) is 88.8 cm³/mol. The lowest BCUT2D eigenvalue weighted by Crippen LogP contribution is -2.16. The van der Waals surface area contributed by atoms with Gasteiger partial charge in [0.05, 0.1) is 7.11 Å². The Morgan fingerprint density at radius 3 is 2.41 bits per heavy atom. The summed E-state index contributed by atoms with van der Waals surface area (Å²) < 4.78 is 5.19. The van der Waals surface area contributed by atoms with E-state index in [2.05, 4.69) is 24.3 Å². The minimum absolute atomic E-state index is 0.239. The van der Waals surface area contributed by atoms with Gasteiger partial charge in [-0.15, -0.1) is 0 Å². The predicted octanol–water partition coefficient (Wildman–Crippen LogP) is 4.30. The molecule has 0 fully saturated rings. The van der Waals surface area contributed by atoms with Crippen LogP contribution in [-0.4, -0.2) is 12.9 Å². The normalized spacial score (nSPS) is 18.0. The van der Waals surface area contributed by atoms with E-state index in [1.54, 1.807) is 7.11 Å². The van der Waals surface area contributed by atoms with Crippen LogP contribution in [0.4, 0.5) is 0 Å². The molecule has 1 atom stereocenters. The Bertz CT molecular complexity index is 669. The molecule has 1 aliphatic rings. The Morgan fingerprint density at radius 2 is 1.73 bits per heavy atom. The SMILES string of the molecule is COc1ccc(CC2CC(=O)C=C(c3ccccc3)C2)cc1. The van der Waals surface area contributed by atoms with Gasteiger partial charge in [0.25, 0.3) is 0 Å². The molecule has 0 aromatic heterocycles. The molecule has 1 aliphatic carbocycles. The van der Waals surface area contributed by atoms with E-state index >= 15 is 0 Å². The molecule has 2 heteroatoms. The molecular formula is C20H20O2. The van der Waals surface area contributed by atoms with E-state index in [1.165, 1.54) is 5.56 Å². The van der Waals surface area contributed by atoms with Crippen molar-refractivity contribution in [3.05, 3.63) is 71.8 Å². The minimum atomic E-state index is 0.239. The van der Waals surface area contributed by atoms with Crippen molar-refractivity contribution in [3.8, 4) is 5.75 Å². The second kappa shape index (κ2) is 6.61. The lowest BCUT2D eigenvalue weighted by molar-refractivity contribution is -0.115. The molecule has 0 spiro atoms. The average molecular weight is 292 g/mol. The lowest BCUT2D eigenvalue weighted by Gasteiger charge is -2.22. The van der Waals surface area contributed by atoms with Gasteiger partial charge in [-0.05, 0) is 53.7 Å². The molecule has 0 bridgehead atoms. The van der Waals surface area contributed by atoms with Crippen molar-refractivity contribution in [1.29, 1.82) is 0 Å². The van der Waals surface area contributed by atoms with Gasteiger partial charge in [0.15, 0.2) is 5.78 Å². The standard InChI is InChI=1S/C20H20O2/c1-22-20-9-7-15(8-10-20)11-16-12-18(14-19(21)13-16)17-5-3-2-4-6-17/h2-10,14,16H,11-13H2,1H3. The number of methoxy groups -OCH3 is 1. The summed E-state index contributed by atoms with van der Waals surface area (Å²) in [5.41, 5.74) is 3.58. The summed E-state index contributed by atoms with van der Waals surface area (Å²) in [6, 6.07) is 18.3. The van der Waals surface area contributed by atoms with Gasteiger partial charge in [-0.1, -0.05) is 42.5 Å². The van der Waals surface area contributed by atoms with Crippen LogP contribution >= 0.6 is 0 Å². The molecule has 2 nitrogen and oxygen atoms in total. The van der Waals surface area contributed by atoms with Crippen molar-refractivity contribution in [2.24, 2.45) is 5.92 Å². The third kappa shape index (κ3) is 3.45. The van der Waals surface area contributed by atoms with Crippen LogP contribution in [0.25, 0.3) is 5.57 Å². The fourth-order valence-corrected chi connectivity index (χ4v) is 3.07. The number of allylic oxidation sites excluding steroid dienone is 2. The zero-order valence-corrected chi connectivity index (χ0v) is 12.8. The molecular weight excluding hydrogens is 272 g/mol. The molecule has 2 aromatic carbocycles. The molecule has 2 aromatic rings. The van der Waals surface area contributed by atoms with Gasteiger partial charge in [0, 0.05) is 6.42 Å². The topological polar surface area (TPSA) is 26.3 Å². The van der Waals surface area contributed by atoms with Gasteiger partial charge >= 0.3 is 0 Å². The van der Waals surface area contributed by atoms with Crippen LogP contribution in [0.2, 0.25) is 0 Å². The van der Waals surface area contributed by atoms with Gasteiger partial charge < -0.3 is 4.74 Å². The van der Waals surface area contributed by atoms with Crippen LogP contribution in [0, 0.1) is 5.92 Å². The molecule has 3 rings (SSSR count). The van der Waals surface area contributed by atoms with E-state index in [0.29, 0.717) is 12.3 Å². The highest BCUT2D eigenvalue weighted by Crippen LogP contribution is 2.31. The van der Waals surface area contributed by atoms with Crippen LogP contribution in [0.3, 0.4) is 0 Å².